The Morgan fingerprint density at radius 3 is 2.46 bits per heavy atom. The maximum atomic E-state index is 12.8. The van der Waals surface area contributed by atoms with Crippen LogP contribution in [0.3, 0.4) is 0 Å². The molecule has 5 rings (SSSR count). The van der Waals surface area contributed by atoms with E-state index in [9.17, 15) is 9.59 Å². The molecule has 0 spiro atoms. The number of carbonyl (C=O) groups excluding carboxylic acids is 2. The lowest BCUT2D eigenvalue weighted by molar-refractivity contribution is -0.139. The molecule has 2 aromatic heterocycles. The van der Waals surface area contributed by atoms with Crippen molar-refractivity contribution in [3.05, 3.63) is 88.7 Å². The van der Waals surface area contributed by atoms with Crippen molar-refractivity contribution in [1.29, 1.82) is 0 Å². The highest BCUT2D eigenvalue weighted by molar-refractivity contribution is 7.10. The molecule has 0 aliphatic carbocycles. The van der Waals surface area contributed by atoms with Gasteiger partial charge in [0.15, 0.2) is 0 Å². The van der Waals surface area contributed by atoms with E-state index >= 15 is 0 Å². The standard InChI is InChI=1S/C29H33N5O2S/c1-21(32-29(36)28(35)30-14-13-22-20-31-25-11-6-5-10-24(22)25)27(26-12-7-19-37-26)34-17-15-33(16-18-34)23-8-3-2-4-9-23/h2-12,19-21,27,31H,13-18H2,1H3,(H,30,35)(H,32,36)/t21-,27-/m1/s1. The molecule has 0 bridgehead atoms. The number of thiophene rings is 1. The maximum absolute atomic E-state index is 12.8. The number of piperazine rings is 1. The number of hydrogen-bond donors (Lipinski definition) is 3. The van der Waals surface area contributed by atoms with Crippen molar-refractivity contribution in [1.82, 2.24) is 20.5 Å². The highest BCUT2D eigenvalue weighted by atomic mass is 32.1. The molecule has 4 aromatic rings. The van der Waals surface area contributed by atoms with Crippen LogP contribution in [0.25, 0.3) is 10.9 Å². The average Bonchev–Trinajstić information content (AvgIpc) is 3.60. The van der Waals surface area contributed by atoms with E-state index < -0.39 is 11.8 Å². The number of carbonyl (C=O) groups is 2. The minimum Gasteiger partial charge on any atom is -0.369 e. The van der Waals surface area contributed by atoms with Crippen LogP contribution in [0, 0.1) is 0 Å². The number of H-pyrrole nitrogens is 1. The predicted octanol–water partition coefficient (Wildman–Crippen LogP) is 3.96. The Morgan fingerprint density at radius 1 is 0.946 bits per heavy atom. The number of benzene rings is 2. The lowest BCUT2D eigenvalue weighted by Gasteiger charge is -2.42. The molecular formula is C29H33N5O2S. The van der Waals surface area contributed by atoms with E-state index in [1.165, 1.54) is 10.6 Å². The van der Waals surface area contributed by atoms with Crippen LogP contribution in [0.1, 0.15) is 23.4 Å². The fourth-order valence-electron chi connectivity index (χ4n) is 5.18. The van der Waals surface area contributed by atoms with E-state index in [1.807, 2.05) is 43.5 Å². The van der Waals surface area contributed by atoms with Gasteiger partial charge < -0.3 is 20.5 Å². The summed E-state index contributed by atoms with van der Waals surface area (Å²) in [5, 5.41) is 8.97. The molecule has 2 amide bonds. The monoisotopic (exact) mass is 515 g/mol. The molecule has 37 heavy (non-hydrogen) atoms. The Labute approximate surface area is 221 Å². The second-order valence-electron chi connectivity index (χ2n) is 9.45. The number of fused-ring (bicyclic) bond motifs is 1. The van der Waals surface area contributed by atoms with Gasteiger partial charge in [-0.1, -0.05) is 42.5 Å². The van der Waals surface area contributed by atoms with Crippen molar-refractivity contribution in [2.45, 2.75) is 25.4 Å². The van der Waals surface area contributed by atoms with Gasteiger partial charge in [-0.05, 0) is 48.6 Å². The number of rotatable bonds is 8. The SMILES string of the molecule is C[C@@H](NC(=O)C(=O)NCCc1c[nH]c2ccccc12)[C@H](c1cccs1)N1CCN(c2ccccc2)CC1. The minimum absolute atomic E-state index is 0.0147. The highest BCUT2D eigenvalue weighted by Crippen LogP contribution is 2.30. The van der Waals surface area contributed by atoms with Gasteiger partial charge in [0, 0.05) is 66.4 Å². The summed E-state index contributed by atoms with van der Waals surface area (Å²) in [4.78, 5) is 34.7. The molecule has 0 unspecified atom stereocenters. The summed E-state index contributed by atoms with van der Waals surface area (Å²) in [6.45, 7) is 5.99. The van der Waals surface area contributed by atoms with E-state index in [4.69, 9.17) is 0 Å². The zero-order valence-electron chi connectivity index (χ0n) is 21.0. The molecule has 0 saturated carbocycles. The van der Waals surface area contributed by atoms with Crippen molar-refractivity contribution in [2.75, 3.05) is 37.6 Å². The summed E-state index contributed by atoms with van der Waals surface area (Å²) >= 11 is 1.69. The summed E-state index contributed by atoms with van der Waals surface area (Å²) < 4.78 is 0. The average molecular weight is 516 g/mol. The van der Waals surface area contributed by atoms with Crippen LogP contribution < -0.4 is 15.5 Å². The number of nitrogens with one attached hydrogen (secondary N) is 3. The Hall–Kier alpha value is -3.62. The zero-order chi connectivity index (χ0) is 25.6. The maximum Gasteiger partial charge on any atom is 0.309 e. The molecule has 2 atom stereocenters. The second kappa shape index (κ2) is 11.6. The first kappa shape index (κ1) is 25.0. The van der Waals surface area contributed by atoms with Gasteiger partial charge in [0.25, 0.3) is 0 Å². The van der Waals surface area contributed by atoms with Crippen LogP contribution in [0.15, 0.2) is 78.3 Å². The molecule has 192 valence electrons. The van der Waals surface area contributed by atoms with Crippen molar-refractivity contribution in [3.63, 3.8) is 0 Å². The quantitative estimate of drug-likeness (QED) is 0.311. The van der Waals surface area contributed by atoms with Crippen LogP contribution in [0.5, 0.6) is 0 Å². The Bertz CT molecular complexity index is 1310. The van der Waals surface area contributed by atoms with E-state index in [0.29, 0.717) is 13.0 Å². The minimum atomic E-state index is -0.592. The topological polar surface area (TPSA) is 80.5 Å². The third kappa shape index (κ3) is 5.87. The van der Waals surface area contributed by atoms with Crippen LogP contribution in [0.4, 0.5) is 5.69 Å². The summed E-state index contributed by atoms with van der Waals surface area (Å²) in [7, 11) is 0. The fourth-order valence-corrected chi connectivity index (χ4v) is 6.14. The number of para-hydroxylation sites is 2. The normalized spacial score (nSPS) is 15.9. The van der Waals surface area contributed by atoms with E-state index in [1.54, 1.807) is 11.3 Å². The number of anilines is 1. The number of aromatic nitrogens is 1. The number of aromatic amines is 1. The van der Waals surface area contributed by atoms with Gasteiger partial charge in [-0.3, -0.25) is 14.5 Å². The molecule has 1 aliphatic rings. The highest BCUT2D eigenvalue weighted by Gasteiger charge is 2.31. The molecule has 1 saturated heterocycles. The largest absolute Gasteiger partial charge is 0.369 e. The van der Waals surface area contributed by atoms with Gasteiger partial charge in [-0.25, -0.2) is 0 Å². The summed E-state index contributed by atoms with van der Waals surface area (Å²) in [5.74, 6) is -1.18. The van der Waals surface area contributed by atoms with Crippen LogP contribution in [0.2, 0.25) is 0 Å². The van der Waals surface area contributed by atoms with E-state index in [-0.39, 0.29) is 12.1 Å². The van der Waals surface area contributed by atoms with Crippen molar-refractivity contribution >= 4 is 39.7 Å². The first-order valence-corrected chi connectivity index (χ1v) is 13.7. The van der Waals surface area contributed by atoms with Gasteiger partial charge in [-0.2, -0.15) is 0 Å². The molecule has 3 heterocycles. The third-order valence-electron chi connectivity index (χ3n) is 7.06. The fraction of sp³-hybridized carbons (Fsp3) is 0.310. The first-order chi connectivity index (χ1) is 18.1. The van der Waals surface area contributed by atoms with Gasteiger partial charge in [-0.15, -0.1) is 11.3 Å². The summed E-state index contributed by atoms with van der Waals surface area (Å²) in [6.07, 6.45) is 2.62. The Balaban J connectivity index is 1.16. The van der Waals surface area contributed by atoms with Crippen LogP contribution >= 0.6 is 11.3 Å². The molecule has 3 N–H and O–H groups in total. The molecule has 2 aromatic carbocycles. The molecule has 1 fully saturated rings. The van der Waals surface area contributed by atoms with Crippen molar-refractivity contribution in [2.24, 2.45) is 0 Å². The first-order valence-electron chi connectivity index (χ1n) is 12.8. The predicted molar refractivity (Wildman–Crippen MR) is 150 cm³/mol. The van der Waals surface area contributed by atoms with Crippen molar-refractivity contribution in [3.8, 4) is 0 Å². The third-order valence-corrected chi connectivity index (χ3v) is 8.00. The van der Waals surface area contributed by atoms with Crippen molar-refractivity contribution < 1.29 is 9.59 Å². The summed E-state index contributed by atoms with van der Waals surface area (Å²) in [6, 6.07) is 22.5. The molecular weight excluding hydrogens is 482 g/mol. The summed E-state index contributed by atoms with van der Waals surface area (Å²) in [5.41, 5.74) is 3.43. The number of amides is 2. The molecule has 8 heteroatoms. The van der Waals surface area contributed by atoms with Gasteiger partial charge in [0.2, 0.25) is 0 Å². The van der Waals surface area contributed by atoms with Gasteiger partial charge >= 0.3 is 11.8 Å². The lowest BCUT2D eigenvalue weighted by Crippen LogP contribution is -2.53. The molecule has 1 aliphatic heterocycles. The molecule has 0 radical (unpaired) electrons. The van der Waals surface area contributed by atoms with E-state index in [0.717, 1.165) is 42.6 Å². The molecule has 7 nitrogen and oxygen atoms in total. The Morgan fingerprint density at radius 2 is 1.70 bits per heavy atom. The van der Waals surface area contributed by atoms with Crippen LogP contribution in [-0.4, -0.2) is 60.5 Å². The zero-order valence-corrected chi connectivity index (χ0v) is 21.8. The smallest absolute Gasteiger partial charge is 0.309 e. The van der Waals surface area contributed by atoms with Crippen LogP contribution in [-0.2, 0) is 16.0 Å². The van der Waals surface area contributed by atoms with Gasteiger partial charge in [0.1, 0.15) is 0 Å². The van der Waals surface area contributed by atoms with Gasteiger partial charge in [0.05, 0.1) is 6.04 Å². The van der Waals surface area contributed by atoms with E-state index in [2.05, 4.69) is 67.2 Å². The number of nitrogens with zero attached hydrogens (tertiary/aromatic N) is 2. The second-order valence-corrected chi connectivity index (χ2v) is 10.4. The number of hydrogen-bond acceptors (Lipinski definition) is 5. The Kier molecular flexibility index (Phi) is 7.87. The lowest BCUT2D eigenvalue weighted by atomic mass is 10.0.